The molecule has 1 saturated heterocycles. The minimum atomic E-state index is -0.100. The fourth-order valence-electron chi connectivity index (χ4n) is 10.9. The van der Waals surface area contributed by atoms with Crippen molar-refractivity contribution in [3.63, 3.8) is 0 Å². The third kappa shape index (κ3) is 4.03. The predicted molar refractivity (Wildman–Crippen MR) is 144 cm³/mol. The van der Waals surface area contributed by atoms with Crippen molar-refractivity contribution in [3.8, 4) is 0 Å². The van der Waals surface area contributed by atoms with Crippen LogP contribution in [0.25, 0.3) is 0 Å². The number of ether oxygens (including phenoxy) is 1. The van der Waals surface area contributed by atoms with Crippen LogP contribution in [-0.2, 0) is 4.74 Å². The first-order valence-electron chi connectivity index (χ1n) is 15.2. The maximum Gasteiger partial charge on any atom is 0.123 e. The summed E-state index contributed by atoms with van der Waals surface area (Å²) in [5, 5.41) is 4.28. The Hall–Kier alpha value is 0.210. The first kappa shape index (κ1) is 25.8. The van der Waals surface area contributed by atoms with Crippen LogP contribution in [0.15, 0.2) is 0 Å². The van der Waals surface area contributed by atoms with Crippen LogP contribution >= 0.6 is 11.6 Å². The molecule has 1 heterocycles. The lowest BCUT2D eigenvalue weighted by molar-refractivity contribution is -0.216. The Morgan fingerprint density at radius 1 is 0.971 bits per heavy atom. The molecule has 1 spiro atoms. The van der Waals surface area contributed by atoms with Crippen LogP contribution in [0.4, 0.5) is 0 Å². The Bertz CT molecular complexity index is 718. The summed E-state index contributed by atoms with van der Waals surface area (Å²) < 4.78 is 6.70. The van der Waals surface area contributed by atoms with E-state index in [4.69, 9.17) is 16.3 Å². The maximum atomic E-state index is 6.80. The molecular formula is C31H54ClNO. The van der Waals surface area contributed by atoms with Gasteiger partial charge in [0, 0.05) is 17.8 Å². The van der Waals surface area contributed by atoms with E-state index in [9.17, 15) is 0 Å². The monoisotopic (exact) mass is 491 g/mol. The van der Waals surface area contributed by atoms with E-state index in [-0.39, 0.29) is 5.72 Å². The van der Waals surface area contributed by atoms with Gasteiger partial charge in [-0.05, 0) is 110 Å². The fraction of sp³-hybridized carbons (Fsp3) is 1.00. The lowest BCUT2D eigenvalue weighted by atomic mass is 9.42. The molecule has 0 aromatic carbocycles. The molecule has 0 unspecified atom stereocenters. The van der Waals surface area contributed by atoms with E-state index < -0.39 is 0 Å². The van der Waals surface area contributed by atoms with Gasteiger partial charge in [-0.25, -0.2) is 0 Å². The van der Waals surface area contributed by atoms with Crippen LogP contribution in [0.2, 0.25) is 0 Å². The number of halogens is 1. The van der Waals surface area contributed by atoms with Crippen molar-refractivity contribution >= 4 is 11.6 Å². The van der Waals surface area contributed by atoms with Gasteiger partial charge in [-0.2, -0.15) is 0 Å². The van der Waals surface area contributed by atoms with Gasteiger partial charge < -0.3 is 4.74 Å². The summed E-state index contributed by atoms with van der Waals surface area (Å²) in [7, 11) is 0. The summed E-state index contributed by atoms with van der Waals surface area (Å²) in [6.07, 6.45) is 14.9. The summed E-state index contributed by atoms with van der Waals surface area (Å²) >= 11 is 6.80. The standard InChI is InChI=1S/C31H54ClNO/c1-7-22(20(2)3)9-8-21(4)25-10-11-26-24-19-31(33-16-17-34-31)28-18-23(32)12-14-30(28,6)27(24)13-15-29(25,26)5/h20-28,33H,7-19H2,1-6H3/t21-,22-,23+,24+,25-,26+,27+,28+,29-,30-,31-/m1/s1. The van der Waals surface area contributed by atoms with Crippen LogP contribution in [0, 0.1) is 58.2 Å². The zero-order chi connectivity index (χ0) is 24.3. The van der Waals surface area contributed by atoms with E-state index in [1.807, 2.05) is 0 Å². The highest BCUT2D eigenvalue weighted by Crippen LogP contribution is 2.70. The molecule has 0 bridgehead atoms. The third-order valence-corrected chi connectivity index (χ3v) is 13.2. The van der Waals surface area contributed by atoms with Gasteiger partial charge in [0.15, 0.2) is 0 Å². The lowest BCUT2D eigenvalue weighted by Crippen LogP contribution is -2.66. The molecule has 0 radical (unpaired) electrons. The minimum absolute atomic E-state index is 0.100. The van der Waals surface area contributed by atoms with E-state index in [1.54, 1.807) is 0 Å². The van der Waals surface area contributed by atoms with Crippen LogP contribution in [0.5, 0.6) is 0 Å². The molecule has 2 nitrogen and oxygen atoms in total. The Labute approximate surface area is 216 Å². The van der Waals surface area contributed by atoms with E-state index in [1.165, 1.54) is 64.2 Å². The van der Waals surface area contributed by atoms with Crippen molar-refractivity contribution in [2.75, 3.05) is 13.2 Å². The van der Waals surface area contributed by atoms with Crippen LogP contribution in [0.3, 0.4) is 0 Å². The molecule has 5 aliphatic rings. The molecule has 4 saturated carbocycles. The summed E-state index contributed by atoms with van der Waals surface area (Å²) in [5.41, 5.74) is 0.826. The molecule has 4 aliphatic carbocycles. The Kier molecular flexibility index (Phi) is 7.22. The summed E-state index contributed by atoms with van der Waals surface area (Å²) in [4.78, 5) is 0. The third-order valence-electron chi connectivity index (χ3n) is 12.8. The zero-order valence-corrected chi connectivity index (χ0v) is 23.9. The highest BCUT2D eigenvalue weighted by Gasteiger charge is 2.67. The zero-order valence-electron chi connectivity index (χ0n) is 23.2. The average Bonchev–Trinajstić information content (AvgIpc) is 3.40. The molecular weight excluding hydrogens is 438 g/mol. The molecule has 1 N–H and O–H groups in total. The van der Waals surface area contributed by atoms with Crippen LogP contribution in [0.1, 0.15) is 112 Å². The van der Waals surface area contributed by atoms with Gasteiger partial charge in [0.1, 0.15) is 5.72 Å². The number of hydrogen-bond acceptors (Lipinski definition) is 2. The molecule has 3 heteroatoms. The largest absolute Gasteiger partial charge is 0.359 e. The van der Waals surface area contributed by atoms with Crippen molar-refractivity contribution in [2.45, 2.75) is 123 Å². The van der Waals surface area contributed by atoms with Crippen molar-refractivity contribution in [1.29, 1.82) is 0 Å². The number of alkyl halides is 1. The predicted octanol–water partition coefficient (Wildman–Crippen LogP) is 8.28. The number of nitrogens with one attached hydrogen (secondary N) is 1. The second-order valence-electron chi connectivity index (χ2n) is 14.4. The number of rotatable bonds is 6. The van der Waals surface area contributed by atoms with Crippen LogP contribution in [-0.4, -0.2) is 24.3 Å². The molecule has 0 amide bonds. The second-order valence-corrected chi connectivity index (χ2v) is 15.0. The van der Waals surface area contributed by atoms with Gasteiger partial charge >= 0.3 is 0 Å². The smallest absolute Gasteiger partial charge is 0.123 e. The summed E-state index contributed by atoms with van der Waals surface area (Å²) in [5.74, 6) is 6.69. The van der Waals surface area contributed by atoms with Gasteiger partial charge in [0.25, 0.3) is 0 Å². The molecule has 11 atom stereocenters. The maximum absolute atomic E-state index is 6.80. The van der Waals surface area contributed by atoms with Crippen molar-refractivity contribution in [2.24, 2.45) is 58.2 Å². The fourth-order valence-corrected chi connectivity index (χ4v) is 11.2. The second kappa shape index (κ2) is 9.50. The van der Waals surface area contributed by atoms with Gasteiger partial charge in [0.2, 0.25) is 0 Å². The van der Waals surface area contributed by atoms with E-state index in [0.29, 0.717) is 22.1 Å². The molecule has 1 aliphatic heterocycles. The Morgan fingerprint density at radius 3 is 2.38 bits per heavy atom. The Balaban J connectivity index is 1.37. The van der Waals surface area contributed by atoms with Gasteiger partial charge in [-0.15, -0.1) is 11.6 Å². The van der Waals surface area contributed by atoms with Crippen molar-refractivity contribution < 1.29 is 4.74 Å². The van der Waals surface area contributed by atoms with Gasteiger partial charge in [-0.3, -0.25) is 5.32 Å². The number of fused-ring (bicyclic) bond motifs is 6. The van der Waals surface area contributed by atoms with E-state index in [0.717, 1.165) is 61.0 Å². The van der Waals surface area contributed by atoms with Gasteiger partial charge in [-0.1, -0.05) is 54.4 Å². The van der Waals surface area contributed by atoms with Gasteiger partial charge in [0.05, 0.1) is 6.61 Å². The Morgan fingerprint density at radius 2 is 1.71 bits per heavy atom. The molecule has 34 heavy (non-hydrogen) atoms. The highest BCUT2D eigenvalue weighted by molar-refractivity contribution is 6.20. The normalized spacial score (nSPS) is 50.1. The first-order valence-corrected chi connectivity index (χ1v) is 15.6. The van der Waals surface area contributed by atoms with Crippen molar-refractivity contribution in [3.05, 3.63) is 0 Å². The van der Waals surface area contributed by atoms with Crippen molar-refractivity contribution in [1.82, 2.24) is 5.32 Å². The molecule has 0 aromatic rings. The first-order chi connectivity index (χ1) is 16.1. The SMILES string of the molecule is CC[C@H](CC[C@@H](C)[C@H]1CC[C@H]2[C@@H]3C[C@]4(NCCO4)[C@H]4C[C@@H](Cl)CC[C@]4(C)[C@H]3CC[C@]12C)C(C)C. The average molecular weight is 492 g/mol. The summed E-state index contributed by atoms with van der Waals surface area (Å²) in [6.45, 7) is 17.1. The van der Waals surface area contributed by atoms with Crippen LogP contribution < -0.4 is 5.32 Å². The molecule has 0 aromatic heterocycles. The minimum Gasteiger partial charge on any atom is -0.359 e. The van der Waals surface area contributed by atoms with E-state index >= 15 is 0 Å². The topological polar surface area (TPSA) is 21.3 Å². The molecule has 5 fully saturated rings. The number of hydrogen-bond donors (Lipinski definition) is 1. The highest BCUT2D eigenvalue weighted by atomic mass is 35.5. The van der Waals surface area contributed by atoms with E-state index in [2.05, 4.69) is 46.9 Å². The molecule has 196 valence electrons. The lowest BCUT2D eigenvalue weighted by Gasteiger charge is -2.65. The molecule has 5 rings (SSSR count). The summed E-state index contributed by atoms with van der Waals surface area (Å²) in [6, 6.07) is 0. The quantitative estimate of drug-likeness (QED) is 0.377.